The molecule has 0 atom stereocenters. The summed E-state index contributed by atoms with van der Waals surface area (Å²) in [4.78, 5) is 64.8. The van der Waals surface area contributed by atoms with Crippen molar-refractivity contribution in [1.82, 2.24) is 0 Å². The predicted octanol–water partition coefficient (Wildman–Crippen LogP) is 7.56. The smallest absolute Gasteiger partial charge is 0.807 e. The molecule has 3 aromatic rings. The Bertz CT molecular complexity index is 1380. The van der Waals surface area contributed by atoms with Gasteiger partial charge in [-0.05, 0) is 93.9 Å². The van der Waals surface area contributed by atoms with E-state index in [1.165, 1.54) is 152 Å². The minimum Gasteiger partial charge on any atom is -0.807 e. The molecule has 0 aliphatic carbocycles. The molecule has 3 rings (SSSR count). The van der Waals surface area contributed by atoms with E-state index in [-0.39, 0.29) is 97.6 Å². The molecule has 0 aromatic heterocycles. The van der Waals surface area contributed by atoms with Crippen molar-refractivity contribution >= 4 is 38.7 Å². The van der Waals surface area contributed by atoms with Gasteiger partial charge in [0, 0.05) is 0 Å². The Balaban J connectivity index is 0. The second kappa shape index (κ2) is 37.1. The molecule has 14 heteroatoms. The maximum Gasteiger partial charge on any atom is 3.00 e. The standard InChI is InChI=1S/3C15H25O3P.2Nd/c3*1-2-3-4-5-6-7-8-9-14-10-12-15(13-11-14)19(16,17)18;;/h3*10-13H,2-9H2,1H3,(H2,16,17,18);;/q;;;2*+3/p-6. The first-order chi connectivity index (χ1) is 27.1. The number of aryl methyl sites for hydroxylation is 3. The van der Waals surface area contributed by atoms with Gasteiger partial charge in [0.25, 0.3) is 0 Å². The van der Waals surface area contributed by atoms with Crippen molar-refractivity contribution in [2.75, 3.05) is 0 Å². The first-order valence-corrected chi connectivity index (χ1v) is 26.1. The Kier molecular flexibility index (Phi) is 38.9. The van der Waals surface area contributed by atoms with Gasteiger partial charge in [-0.25, -0.2) is 0 Å². The van der Waals surface area contributed by atoms with E-state index >= 15 is 0 Å². The van der Waals surface area contributed by atoms with Crippen LogP contribution >= 0.6 is 22.8 Å². The molecule has 3 aromatic carbocycles. The van der Waals surface area contributed by atoms with Gasteiger partial charge in [0.2, 0.25) is 0 Å². The van der Waals surface area contributed by atoms with Gasteiger partial charge in [-0.2, -0.15) is 0 Å². The molecule has 0 bridgehead atoms. The Morgan fingerprint density at radius 3 is 0.644 bits per heavy atom. The van der Waals surface area contributed by atoms with E-state index in [9.17, 15) is 43.1 Å². The van der Waals surface area contributed by atoms with E-state index in [4.69, 9.17) is 0 Å². The Morgan fingerprint density at radius 1 is 0.305 bits per heavy atom. The molecule has 0 heterocycles. The Labute approximate surface area is 423 Å². The van der Waals surface area contributed by atoms with E-state index in [1.54, 1.807) is 36.4 Å². The molecule has 0 aliphatic rings. The summed E-state index contributed by atoms with van der Waals surface area (Å²) in [7, 11) is -13.8. The van der Waals surface area contributed by atoms with Crippen LogP contribution in [0.3, 0.4) is 0 Å². The van der Waals surface area contributed by atoms with Crippen LogP contribution in [0.2, 0.25) is 0 Å². The summed E-state index contributed by atoms with van der Waals surface area (Å²) in [6.07, 6.45) is 29.4. The topological polar surface area (TPSA) is 190 Å². The first kappa shape index (κ1) is 61.9. The van der Waals surface area contributed by atoms with Crippen molar-refractivity contribution in [1.29, 1.82) is 0 Å². The number of benzene rings is 3. The van der Waals surface area contributed by atoms with Crippen LogP contribution in [0.5, 0.6) is 0 Å². The molecule has 0 aliphatic heterocycles. The third kappa shape index (κ3) is 33.0. The van der Waals surface area contributed by atoms with Crippen LogP contribution in [-0.2, 0) is 33.0 Å². The molecule has 326 valence electrons. The van der Waals surface area contributed by atoms with E-state index in [0.29, 0.717) is 0 Å². The summed E-state index contributed by atoms with van der Waals surface area (Å²) in [5.74, 6) is 0. The molecular weight excluding hydrogens is 1070 g/mol. The van der Waals surface area contributed by atoms with Crippen molar-refractivity contribution in [3.8, 4) is 0 Å². The Morgan fingerprint density at radius 2 is 0.475 bits per heavy atom. The fraction of sp³-hybridized carbons (Fsp3) is 0.600. The van der Waals surface area contributed by atoms with Gasteiger partial charge < -0.3 is 43.1 Å². The molecule has 59 heavy (non-hydrogen) atoms. The van der Waals surface area contributed by atoms with E-state index in [0.717, 1.165) is 55.2 Å². The van der Waals surface area contributed by atoms with Gasteiger partial charge in [-0.1, -0.05) is 209 Å². The number of rotatable bonds is 27. The quantitative estimate of drug-likeness (QED) is 0.0548. The summed E-state index contributed by atoms with van der Waals surface area (Å²) < 4.78 is 32.4. The van der Waals surface area contributed by atoms with Gasteiger partial charge in [-0.15, -0.1) is 0 Å². The fourth-order valence-corrected chi connectivity index (χ4v) is 7.94. The maximum absolute atomic E-state index is 10.8. The molecule has 0 saturated heterocycles. The molecule has 2 radical (unpaired) electrons. The van der Waals surface area contributed by atoms with Crippen LogP contribution < -0.4 is 45.3 Å². The Hall–Kier alpha value is 0.811. The van der Waals surface area contributed by atoms with Crippen LogP contribution in [0, 0.1) is 81.7 Å². The normalized spacial score (nSPS) is 11.3. The van der Waals surface area contributed by atoms with E-state index < -0.39 is 22.8 Å². The predicted molar refractivity (Wildman–Crippen MR) is 226 cm³/mol. The fourth-order valence-electron chi connectivity index (χ4n) is 6.39. The number of unbranched alkanes of at least 4 members (excludes halogenated alkanes) is 18. The van der Waals surface area contributed by atoms with Gasteiger partial charge in [0.15, 0.2) is 0 Å². The summed E-state index contributed by atoms with van der Waals surface area (Å²) in [5, 5.41) is -0.345. The number of hydrogen-bond acceptors (Lipinski definition) is 9. The minimum atomic E-state index is -4.59. The van der Waals surface area contributed by atoms with Crippen LogP contribution in [0.25, 0.3) is 0 Å². The largest absolute Gasteiger partial charge is 3.00 e. The summed E-state index contributed by atoms with van der Waals surface area (Å²) in [5.41, 5.74) is 3.31. The molecule has 9 nitrogen and oxygen atoms in total. The zero-order valence-electron chi connectivity index (χ0n) is 35.9. The molecule has 0 N–H and O–H groups in total. The second-order valence-electron chi connectivity index (χ2n) is 15.1. The molecule has 0 unspecified atom stereocenters. The van der Waals surface area contributed by atoms with Gasteiger partial charge in [0.1, 0.15) is 0 Å². The summed E-state index contributed by atoms with van der Waals surface area (Å²) in [6.45, 7) is 6.64. The second-order valence-corrected chi connectivity index (χ2v) is 19.6. The van der Waals surface area contributed by atoms with Gasteiger partial charge >= 0.3 is 81.7 Å². The maximum atomic E-state index is 10.8. The summed E-state index contributed by atoms with van der Waals surface area (Å²) >= 11 is 0. The van der Waals surface area contributed by atoms with Gasteiger partial charge in [0.05, 0.1) is 0 Å². The van der Waals surface area contributed by atoms with E-state index in [2.05, 4.69) is 20.8 Å². The zero-order valence-corrected chi connectivity index (χ0v) is 45.0. The van der Waals surface area contributed by atoms with E-state index in [1.807, 2.05) is 0 Å². The molecular formula is C45H69Nd2O9P3. The minimum absolute atomic E-state index is 0. The van der Waals surface area contributed by atoms with Crippen LogP contribution in [0.15, 0.2) is 72.8 Å². The third-order valence-corrected chi connectivity index (χ3v) is 12.8. The van der Waals surface area contributed by atoms with Crippen molar-refractivity contribution in [2.45, 2.75) is 175 Å². The molecule has 0 spiro atoms. The van der Waals surface area contributed by atoms with Crippen LogP contribution in [0.4, 0.5) is 0 Å². The summed E-state index contributed by atoms with van der Waals surface area (Å²) in [6, 6.07) is 19.0. The van der Waals surface area contributed by atoms with Crippen molar-refractivity contribution < 1.29 is 125 Å². The molecule has 0 saturated carbocycles. The van der Waals surface area contributed by atoms with Gasteiger partial charge in [-0.3, -0.25) is 0 Å². The molecule has 0 fully saturated rings. The SMILES string of the molecule is CCCCCCCCCc1ccc(P(=O)([O-])[O-])cc1.CCCCCCCCCc1ccc(P(=O)([O-])[O-])cc1.CCCCCCCCCc1ccc(P(=O)([O-])[O-])cc1.[Nd+3].[Nd+3]. The van der Waals surface area contributed by atoms with Crippen molar-refractivity contribution in [3.63, 3.8) is 0 Å². The number of hydrogen-bond donors (Lipinski definition) is 0. The zero-order chi connectivity index (χ0) is 42.4. The van der Waals surface area contributed by atoms with Crippen molar-refractivity contribution in [2.24, 2.45) is 0 Å². The molecule has 0 amide bonds. The average Bonchev–Trinajstić information content (AvgIpc) is 3.17. The first-order valence-electron chi connectivity index (χ1n) is 21.5. The third-order valence-electron chi connectivity index (χ3n) is 9.96. The average molecular weight is 1140 g/mol. The van der Waals surface area contributed by atoms with Crippen LogP contribution in [-0.4, -0.2) is 0 Å². The van der Waals surface area contributed by atoms with Crippen LogP contribution in [0.1, 0.15) is 172 Å². The monoisotopic (exact) mass is 1130 g/mol. The van der Waals surface area contributed by atoms with Crippen molar-refractivity contribution in [3.05, 3.63) is 89.5 Å².